The Balaban J connectivity index is 1.45. The summed E-state index contributed by atoms with van der Waals surface area (Å²) in [6.07, 6.45) is 3.45. The molecular weight excluding hydrogens is 365 g/mol. The molecule has 1 fully saturated rings. The van der Waals surface area contributed by atoms with Gasteiger partial charge in [-0.2, -0.15) is 5.26 Å². The molecule has 1 aliphatic heterocycles. The number of likely N-dealkylation sites (tertiary alicyclic amines) is 1. The average molecular weight is 385 g/mol. The number of hydrogen-bond acceptors (Lipinski definition) is 6. The Labute approximate surface area is 161 Å². The summed E-state index contributed by atoms with van der Waals surface area (Å²) < 4.78 is 14.9. The lowest BCUT2D eigenvalue weighted by Crippen LogP contribution is -2.31. The zero-order valence-corrected chi connectivity index (χ0v) is 15.2. The molecule has 0 unspecified atom stereocenters. The van der Waals surface area contributed by atoms with Gasteiger partial charge in [0.25, 0.3) is 5.91 Å². The second-order valence-corrected chi connectivity index (χ2v) is 6.35. The van der Waals surface area contributed by atoms with Gasteiger partial charge < -0.3 is 15.5 Å². The lowest BCUT2D eigenvalue weighted by Gasteiger charge is -2.14. The number of nitrogens with zero attached hydrogens (tertiary/aromatic N) is 5. The quantitative estimate of drug-likeness (QED) is 0.680. The van der Waals surface area contributed by atoms with Gasteiger partial charge in [0.2, 0.25) is 5.91 Å². The highest BCUT2D eigenvalue weighted by molar-refractivity contribution is 5.91. The zero-order valence-electron chi connectivity index (χ0n) is 15.2. The van der Waals surface area contributed by atoms with E-state index in [0.29, 0.717) is 12.2 Å². The minimum Gasteiger partial charge on any atom is -0.382 e. The van der Waals surface area contributed by atoms with Crippen LogP contribution in [-0.4, -0.2) is 57.9 Å². The van der Waals surface area contributed by atoms with Crippen molar-refractivity contribution in [2.24, 2.45) is 0 Å². The van der Waals surface area contributed by atoms with Gasteiger partial charge in [0, 0.05) is 26.2 Å². The van der Waals surface area contributed by atoms with Crippen LogP contribution in [0.5, 0.6) is 0 Å². The molecular formula is C18H20FN7O2. The van der Waals surface area contributed by atoms with E-state index >= 15 is 0 Å². The smallest absolute Gasteiger partial charge is 0.273 e. The molecule has 0 spiro atoms. The monoisotopic (exact) mass is 385 g/mol. The molecule has 0 aliphatic carbocycles. The molecule has 28 heavy (non-hydrogen) atoms. The molecule has 9 nitrogen and oxygen atoms in total. The van der Waals surface area contributed by atoms with Gasteiger partial charge in [-0.1, -0.05) is 11.3 Å². The lowest BCUT2D eigenvalue weighted by molar-refractivity contribution is -0.130. The van der Waals surface area contributed by atoms with Crippen molar-refractivity contribution in [2.75, 3.05) is 31.5 Å². The molecule has 2 aromatic rings. The predicted octanol–water partition coefficient (Wildman–Crippen LogP) is 0.753. The van der Waals surface area contributed by atoms with Gasteiger partial charge in [-0.05, 0) is 25.0 Å². The summed E-state index contributed by atoms with van der Waals surface area (Å²) in [4.78, 5) is 26.0. The summed E-state index contributed by atoms with van der Waals surface area (Å²) >= 11 is 0. The Bertz CT molecular complexity index is 900. The number of carbonyl (C=O) groups excluding carboxylic acids is 2. The standard InChI is InChI=1S/C18H20FN7O2/c19-14-4-3-5-15(13(14)10-20)21-6-7-22-18(28)16-11-26(24-23-16)12-17(27)25-8-1-2-9-25/h3-5,11,21H,1-2,6-9,12H2,(H,22,28). The molecule has 0 saturated carbocycles. The summed E-state index contributed by atoms with van der Waals surface area (Å²) in [7, 11) is 0. The van der Waals surface area contributed by atoms with Gasteiger partial charge in [-0.3, -0.25) is 9.59 Å². The van der Waals surface area contributed by atoms with Crippen molar-refractivity contribution < 1.29 is 14.0 Å². The topological polar surface area (TPSA) is 116 Å². The normalized spacial score (nSPS) is 13.2. The number of nitriles is 1. The SMILES string of the molecule is N#Cc1c(F)cccc1NCCNC(=O)c1cn(CC(=O)N2CCCC2)nn1. The molecule has 1 aliphatic rings. The molecule has 1 saturated heterocycles. The zero-order chi connectivity index (χ0) is 19.9. The molecule has 0 radical (unpaired) electrons. The van der Waals surface area contributed by atoms with Crippen LogP contribution in [0.15, 0.2) is 24.4 Å². The fourth-order valence-electron chi connectivity index (χ4n) is 2.93. The molecule has 1 aromatic heterocycles. The number of rotatable bonds is 7. The first-order valence-corrected chi connectivity index (χ1v) is 8.97. The van der Waals surface area contributed by atoms with E-state index in [2.05, 4.69) is 20.9 Å². The fraction of sp³-hybridized carbons (Fsp3) is 0.389. The first-order chi connectivity index (χ1) is 13.6. The Morgan fingerprint density at radius 2 is 2.04 bits per heavy atom. The van der Waals surface area contributed by atoms with Gasteiger partial charge >= 0.3 is 0 Å². The predicted molar refractivity (Wildman–Crippen MR) is 97.8 cm³/mol. The maximum atomic E-state index is 13.5. The molecule has 10 heteroatoms. The van der Waals surface area contributed by atoms with E-state index < -0.39 is 11.7 Å². The van der Waals surface area contributed by atoms with Crippen LogP contribution in [-0.2, 0) is 11.3 Å². The third kappa shape index (κ3) is 4.62. The van der Waals surface area contributed by atoms with Crippen LogP contribution in [0.25, 0.3) is 0 Å². The van der Waals surface area contributed by atoms with Crippen molar-refractivity contribution in [1.82, 2.24) is 25.2 Å². The van der Waals surface area contributed by atoms with Crippen LogP contribution >= 0.6 is 0 Å². The van der Waals surface area contributed by atoms with Gasteiger partial charge in [-0.25, -0.2) is 9.07 Å². The lowest BCUT2D eigenvalue weighted by atomic mass is 10.2. The minimum absolute atomic E-state index is 0.0399. The van der Waals surface area contributed by atoms with Crippen LogP contribution in [0, 0.1) is 17.1 Å². The van der Waals surface area contributed by atoms with Gasteiger partial charge in [0.05, 0.1) is 11.9 Å². The van der Waals surface area contributed by atoms with Gasteiger partial charge in [-0.15, -0.1) is 5.10 Å². The second kappa shape index (κ2) is 8.94. The summed E-state index contributed by atoms with van der Waals surface area (Å²) in [5.41, 5.74) is 0.403. The summed E-state index contributed by atoms with van der Waals surface area (Å²) in [5, 5.41) is 22.2. The number of hydrogen-bond donors (Lipinski definition) is 2. The number of halogens is 1. The molecule has 2 heterocycles. The van der Waals surface area contributed by atoms with Crippen LogP contribution in [0.2, 0.25) is 0 Å². The van der Waals surface area contributed by atoms with Crippen LogP contribution in [0.4, 0.5) is 10.1 Å². The second-order valence-electron chi connectivity index (χ2n) is 6.35. The third-order valence-electron chi connectivity index (χ3n) is 4.38. The maximum Gasteiger partial charge on any atom is 0.273 e. The Kier molecular flexibility index (Phi) is 6.16. The van der Waals surface area contributed by atoms with Crippen LogP contribution in [0.3, 0.4) is 0 Å². The summed E-state index contributed by atoms with van der Waals surface area (Å²) in [6.45, 7) is 2.10. The van der Waals surface area contributed by atoms with E-state index in [9.17, 15) is 14.0 Å². The van der Waals surface area contributed by atoms with Gasteiger partial charge in [0.15, 0.2) is 5.69 Å². The minimum atomic E-state index is -0.600. The summed E-state index contributed by atoms with van der Waals surface area (Å²) in [5.74, 6) is -1.07. The van der Waals surface area contributed by atoms with Crippen molar-refractivity contribution in [2.45, 2.75) is 19.4 Å². The number of amides is 2. The van der Waals surface area contributed by atoms with Crippen LogP contribution < -0.4 is 10.6 Å². The molecule has 0 bridgehead atoms. The maximum absolute atomic E-state index is 13.5. The first-order valence-electron chi connectivity index (χ1n) is 8.97. The molecule has 2 amide bonds. The van der Waals surface area contributed by atoms with E-state index in [1.807, 2.05) is 0 Å². The average Bonchev–Trinajstić information content (AvgIpc) is 3.37. The van der Waals surface area contributed by atoms with Crippen molar-refractivity contribution in [1.29, 1.82) is 5.26 Å². The van der Waals surface area contributed by atoms with E-state index in [0.717, 1.165) is 25.9 Å². The van der Waals surface area contributed by atoms with E-state index in [-0.39, 0.29) is 30.3 Å². The Hall–Kier alpha value is -3.48. The van der Waals surface area contributed by atoms with E-state index in [1.54, 1.807) is 17.0 Å². The summed E-state index contributed by atoms with van der Waals surface area (Å²) in [6, 6.07) is 6.10. The van der Waals surface area contributed by atoms with Gasteiger partial charge in [0.1, 0.15) is 24.0 Å². The highest BCUT2D eigenvalue weighted by Crippen LogP contribution is 2.17. The molecule has 2 N–H and O–H groups in total. The number of benzene rings is 1. The van der Waals surface area contributed by atoms with Crippen molar-refractivity contribution in [3.8, 4) is 6.07 Å². The molecule has 146 valence electrons. The van der Waals surface area contributed by atoms with E-state index in [1.165, 1.54) is 23.0 Å². The van der Waals surface area contributed by atoms with Crippen molar-refractivity contribution in [3.05, 3.63) is 41.5 Å². The Morgan fingerprint density at radius 3 is 2.79 bits per heavy atom. The number of carbonyl (C=O) groups is 2. The number of nitrogens with one attached hydrogen (secondary N) is 2. The van der Waals surface area contributed by atoms with Crippen molar-refractivity contribution >= 4 is 17.5 Å². The largest absolute Gasteiger partial charge is 0.382 e. The molecule has 1 aromatic carbocycles. The molecule has 3 rings (SSSR count). The van der Waals surface area contributed by atoms with Crippen molar-refractivity contribution in [3.63, 3.8) is 0 Å². The highest BCUT2D eigenvalue weighted by Gasteiger charge is 2.19. The molecule has 0 atom stereocenters. The highest BCUT2D eigenvalue weighted by atomic mass is 19.1. The van der Waals surface area contributed by atoms with Crippen LogP contribution in [0.1, 0.15) is 28.9 Å². The number of anilines is 1. The number of aromatic nitrogens is 3. The fourth-order valence-corrected chi connectivity index (χ4v) is 2.93. The van der Waals surface area contributed by atoms with E-state index in [4.69, 9.17) is 5.26 Å². The first kappa shape index (κ1) is 19.3. The Morgan fingerprint density at radius 1 is 1.25 bits per heavy atom. The third-order valence-corrected chi connectivity index (χ3v) is 4.38.